The molecule has 0 aliphatic heterocycles. The van der Waals surface area contributed by atoms with E-state index >= 15 is 0 Å². The van der Waals surface area contributed by atoms with Gasteiger partial charge >= 0.3 is 0 Å². The van der Waals surface area contributed by atoms with Gasteiger partial charge in [0.25, 0.3) is 0 Å². The molecule has 0 aliphatic rings. The molecule has 0 amide bonds. The Kier molecular flexibility index (Phi) is 4.33. The van der Waals surface area contributed by atoms with Crippen LogP contribution >= 0.6 is 11.6 Å². The largest absolute Gasteiger partial charge is 0.311 e. The molecule has 96 valence electrons. The van der Waals surface area contributed by atoms with Gasteiger partial charge in [0.05, 0.1) is 16.4 Å². The Hall–Kier alpha value is -1.39. The first-order valence-electron chi connectivity index (χ1n) is 5.91. The molecule has 0 spiro atoms. The summed E-state index contributed by atoms with van der Waals surface area (Å²) in [7, 11) is 0. The predicted molar refractivity (Wildman–Crippen MR) is 70.5 cm³/mol. The van der Waals surface area contributed by atoms with Crippen LogP contribution < -0.4 is 5.32 Å². The van der Waals surface area contributed by atoms with Gasteiger partial charge in [-0.1, -0.05) is 18.5 Å². The molecule has 2 rings (SSSR count). The van der Waals surface area contributed by atoms with E-state index in [0.717, 1.165) is 30.9 Å². The molecule has 2 aromatic rings. The Morgan fingerprint density at radius 2 is 2.22 bits per heavy atom. The summed E-state index contributed by atoms with van der Waals surface area (Å²) in [6.45, 7) is 3.82. The molecule has 0 radical (unpaired) electrons. The van der Waals surface area contributed by atoms with E-state index in [1.54, 1.807) is 16.8 Å². The maximum absolute atomic E-state index is 13.1. The van der Waals surface area contributed by atoms with E-state index in [4.69, 9.17) is 11.6 Å². The number of halogens is 2. The van der Waals surface area contributed by atoms with Gasteiger partial charge in [0.15, 0.2) is 0 Å². The van der Waals surface area contributed by atoms with Gasteiger partial charge < -0.3 is 5.32 Å². The molecule has 3 nitrogen and oxygen atoms in total. The monoisotopic (exact) mass is 267 g/mol. The lowest BCUT2D eigenvalue weighted by Crippen LogP contribution is -2.14. The first kappa shape index (κ1) is 13.1. The smallest absolute Gasteiger partial charge is 0.141 e. The lowest BCUT2D eigenvalue weighted by Gasteiger charge is -2.03. The molecule has 0 fully saturated rings. The van der Waals surface area contributed by atoms with Crippen molar-refractivity contribution in [3.8, 4) is 5.69 Å². The van der Waals surface area contributed by atoms with Gasteiger partial charge in [-0.2, -0.15) is 5.10 Å². The van der Waals surface area contributed by atoms with Crippen LogP contribution in [-0.4, -0.2) is 16.3 Å². The minimum absolute atomic E-state index is 0.105. The van der Waals surface area contributed by atoms with Crippen molar-refractivity contribution in [2.24, 2.45) is 0 Å². The highest BCUT2D eigenvalue weighted by Crippen LogP contribution is 2.18. The molecule has 0 bridgehead atoms. The molecule has 0 saturated carbocycles. The summed E-state index contributed by atoms with van der Waals surface area (Å²) in [6.07, 6.45) is 2.93. The van der Waals surface area contributed by atoms with Crippen LogP contribution in [0.2, 0.25) is 5.02 Å². The van der Waals surface area contributed by atoms with Crippen molar-refractivity contribution in [1.29, 1.82) is 0 Å². The minimum atomic E-state index is -0.419. The van der Waals surface area contributed by atoms with Crippen molar-refractivity contribution >= 4 is 11.6 Å². The van der Waals surface area contributed by atoms with Crippen LogP contribution in [0.15, 0.2) is 30.5 Å². The molecular weight excluding hydrogens is 253 g/mol. The molecule has 1 heterocycles. The quantitative estimate of drug-likeness (QED) is 0.844. The van der Waals surface area contributed by atoms with E-state index in [1.807, 2.05) is 12.3 Å². The summed E-state index contributed by atoms with van der Waals surface area (Å²) in [6, 6.07) is 6.49. The van der Waals surface area contributed by atoms with E-state index in [9.17, 15) is 4.39 Å². The van der Waals surface area contributed by atoms with Crippen LogP contribution in [0.5, 0.6) is 0 Å². The lowest BCUT2D eigenvalue weighted by molar-refractivity contribution is 0.627. The van der Waals surface area contributed by atoms with Crippen LogP contribution in [-0.2, 0) is 6.54 Å². The summed E-state index contributed by atoms with van der Waals surface area (Å²) in [5.74, 6) is -0.419. The van der Waals surface area contributed by atoms with Crippen molar-refractivity contribution in [3.05, 3.63) is 47.0 Å². The SMILES string of the molecule is CCCNCc1ccn(-c2ccc(F)c(Cl)c2)n1. The van der Waals surface area contributed by atoms with Crippen LogP contribution in [0, 0.1) is 5.82 Å². The zero-order chi connectivity index (χ0) is 13.0. The van der Waals surface area contributed by atoms with Gasteiger partial charge in [-0.3, -0.25) is 0 Å². The first-order chi connectivity index (χ1) is 8.70. The molecule has 0 unspecified atom stereocenters. The third-order valence-electron chi connectivity index (χ3n) is 2.54. The second kappa shape index (κ2) is 5.98. The van der Waals surface area contributed by atoms with E-state index in [0.29, 0.717) is 0 Å². The lowest BCUT2D eigenvalue weighted by atomic mass is 10.3. The second-order valence-electron chi connectivity index (χ2n) is 4.03. The van der Waals surface area contributed by atoms with Gasteiger partial charge in [-0.25, -0.2) is 9.07 Å². The van der Waals surface area contributed by atoms with Crippen LogP contribution in [0.1, 0.15) is 19.0 Å². The average molecular weight is 268 g/mol. The number of rotatable bonds is 5. The number of nitrogens with one attached hydrogen (secondary N) is 1. The van der Waals surface area contributed by atoms with Crippen LogP contribution in [0.4, 0.5) is 4.39 Å². The summed E-state index contributed by atoms with van der Waals surface area (Å²) in [4.78, 5) is 0. The third kappa shape index (κ3) is 3.09. The first-order valence-corrected chi connectivity index (χ1v) is 6.29. The average Bonchev–Trinajstić information content (AvgIpc) is 2.82. The van der Waals surface area contributed by atoms with Crippen molar-refractivity contribution < 1.29 is 4.39 Å². The van der Waals surface area contributed by atoms with E-state index in [-0.39, 0.29) is 5.02 Å². The van der Waals surface area contributed by atoms with Gasteiger partial charge in [-0.05, 0) is 37.2 Å². The van der Waals surface area contributed by atoms with E-state index in [1.165, 1.54) is 6.07 Å². The Balaban J connectivity index is 2.11. The number of benzene rings is 1. The third-order valence-corrected chi connectivity index (χ3v) is 2.83. The maximum atomic E-state index is 13.1. The summed E-state index contributed by atoms with van der Waals surface area (Å²) >= 11 is 5.74. The second-order valence-corrected chi connectivity index (χ2v) is 4.43. The van der Waals surface area contributed by atoms with Crippen molar-refractivity contribution in [2.75, 3.05) is 6.54 Å². The van der Waals surface area contributed by atoms with Crippen molar-refractivity contribution in [3.63, 3.8) is 0 Å². The number of hydrogen-bond acceptors (Lipinski definition) is 2. The Morgan fingerprint density at radius 3 is 2.94 bits per heavy atom. The highest BCUT2D eigenvalue weighted by molar-refractivity contribution is 6.30. The summed E-state index contributed by atoms with van der Waals surface area (Å²) in [5.41, 5.74) is 1.70. The van der Waals surface area contributed by atoms with E-state index < -0.39 is 5.82 Å². The van der Waals surface area contributed by atoms with Gasteiger partial charge in [0.1, 0.15) is 5.82 Å². The Bertz CT molecular complexity index is 525. The molecule has 1 aromatic carbocycles. The summed E-state index contributed by atoms with van der Waals surface area (Å²) in [5, 5.41) is 7.78. The number of aromatic nitrogens is 2. The standard InChI is InChI=1S/C13H15ClFN3/c1-2-6-16-9-10-5-7-18(17-10)11-3-4-13(15)12(14)8-11/h3-5,7-8,16H,2,6,9H2,1H3. The van der Waals surface area contributed by atoms with Crippen molar-refractivity contribution in [2.45, 2.75) is 19.9 Å². The zero-order valence-corrected chi connectivity index (χ0v) is 10.9. The molecular formula is C13H15ClFN3. The highest BCUT2D eigenvalue weighted by Gasteiger charge is 2.04. The minimum Gasteiger partial charge on any atom is -0.311 e. The number of nitrogens with zero attached hydrogens (tertiary/aromatic N) is 2. The molecule has 0 saturated heterocycles. The molecule has 0 atom stereocenters. The fourth-order valence-corrected chi connectivity index (χ4v) is 1.80. The fourth-order valence-electron chi connectivity index (χ4n) is 1.62. The van der Waals surface area contributed by atoms with Gasteiger partial charge in [0.2, 0.25) is 0 Å². The van der Waals surface area contributed by atoms with Crippen LogP contribution in [0.25, 0.3) is 5.69 Å². The normalized spacial score (nSPS) is 10.8. The molecule has 0 aliphatic carbocycles. The molecule has 1 aromatic heterocycles. The molecule has 1 N–H and O–H groups in total. The van der Waals surface area contributed by atoms with E-state index in [2.05, 4.69) is 17.3 Å². The zero-order valence-electron chi connectivity index (χ0n) is 10.2. The van der Waals surface area contributed by atoms with Gasteiger partial charge in [0, 0.05) is 12.7 Å². The molecule has 5 heteroatoms. The van der Waals surface area contributed by atoms with Crippen LogP contribution in [0.3, 0.4) is 0 Å². The highest BCUT2D eigenvalue weighted by atomic mass is 35.5. The summed E-state index contributed by atoms with van der Waals surface area (Å²) < 4.78 is 14.7. The molecule has 18 heavy (non-hydrogen) atoms. The topological polar surface area (TPSA) is 29.9 Å². The van der Waals surface area contributed by atoms with Gasteiger partial charge in [-0.15, -0.1) is 0 Å². The van der Waals surface area contributed by atoms with Crippen molar-refractivity contribution in [1.82, 2.24) is 15.1 Å². The Labute approximate surface area is 111 Å². The predicted octanol–water partition coefficient (Wildman–Crippen LogP) is 3.16. The Morgan fingerprint density at radius 1 is 1.39 bits per heavy atom. The number of hydrogen-bond donors (Lipinski definition) is 1. The fraction of sp³-hybridized carbons (Fsp3) is 0.308. The maximum Gasteiger partial charge on any atom is 0.141 e.